The van der Waals surface area contributed by atoms with E-state index in [1.807, 2.05) is 73.0 Å². The van der Waals surface area contributed by atoms with Gasteiger partial charge in [-0.25, -0.2) is 0 Å². The van der Waals surface area contributed by atoms with Crippen molar-refractivity contribution in [2.75, 3.05) is 11.6 Å². The third-order valence-electron chi connectivity index (χ3n) is 3.80. The van der Waals surface area contributed by atoms with Crippen molar-refractivity contribution in [1.82, 2.24) is 15.2 Å². The van der Waals surface area contributed by atoms with Crippen LogP contribution < -0.4 is 10.1 Å². The lowest BCUT2D eigenvalue weighted by molar-refractivity contribution is 0.266. The number of nitrogens with one attached hydrogen (secondary N) is 1. The Kier molecular flexibility index (Phi) is 4.35. The second kappa shape index (κ2) is 6.94. The monoisotopic (exact) mass is 348 g/mol. The molecule has 0 saturated heterocycles. The van der Waals surface area contributed by atoms with Crippen LogP contribution in [0, 0.1) is 0 Å². The third-order valence-corrected chi connectivity index (χ3v) is 4.34. The van der Waals surface area contributed by atoms with Crippen molar-refractivity contribution in [1.29, 1.82) is 0 Å². The predicted molar refractivity (Wildman–Crippen MR) is 101 cm³/mol. The molecule has 4 rings (SSSR count). The molecular formula is C19H16N4OS. The zero-order chi connectivity index (χ0) is 17.1. The van der Waals surface area contributed by atoms with Crippen molar-refractivity contribution in [2.45, 2.75) is 11.4 Å². The van der Waals surface area contributed by atoms with E-state index in [-0.39, 0.29) is 6.23 Å². The van der Waals surface area contributed by atoms with Gasteiger partial charge in [0, 0.05) is 11.3 Å². The van der Waals surface area contributed by atoms with E-state index in [2.05, 4.69) is 20.5 Å². The number of fused-ring (bicyclic) bond motifs is 3. The maximum atomic E-state index is 6.08. The molecule has 2 heterocycles. The van der Waals surface area contributed by atoms with Crippen LogP contribution >= 0.6 is 11.8 Å². The van der Waals surface area contributed by atoms with Gasteiger partial charge in [0.2, 0.25) is 11.0 Å². The van der Waals surface area contributed by atoms with Gasteiger partial charge in [-0.15, -0.1) is 10.2 Å². The van der Waals surface area contributed by atoms with Crippen LogP contribution in [0.3, 0.4) is 0 Å². The number of anilines is 1. The van der Waals surface area contributed by atoms with E-state index in [0.717, 1.165) is 16.8 Å². The molecule has 25 heavy (non-hydrogen) atoms. The molecule has 2 aromatic carbocycles. The molecule has 1 atom stereocenters. The van der Waals surface area contributed by atoms with Crippen LogP contribution in [0.5, 0.6) is 5.88 Å². The number of para-hydroxylation sites is 1. The van der Waals surface area contributed by atoms with Crippen molar-refractivity contribution in [3.05, 3.63) is 66.2 Å². The highest BCUT2D eigenvalue weighted by Gasteiger charge is 2.23. The first-order valence-electron chi connectivity index (χ1n) is 7.88. The second-order valence-electron chi connectivity index (χ2n) is 5.45. The van der Waals surface area contributed by atoms with Crippen molar-refractivity contribution in [3.63, 3.8) is 0 Å². The molecule has 0 saturated carbocycles. The summed E-state index contributed by atoms with van der Waals surface area (Å²) in [5.74, 6) is 0.486. The summed E-state index contributed by atoms with van der Waals surface area (Å²) in [5, 5.41) is 12.4. The van der Waals surface area contributed by atoms with Crippen LogP contribution in [0.2, 0.25) is 0 Å². The molecule has 1 aliphatic heterocycles. The molecule has 6 heteroatoms. The number of nitrogens with zero attached hydrogens (tertiary/aromatic N) is 3. The number of rotatable bonds is 3. The molecule has 0 spiro atoms. The van der Waals surface area contributed by atoms with Gasteiger partial charge in [0.15, 0.2) is 11.9 Å². The molecule has 0 fully saturated rings. The zero-order valence-electron chi connectivity index (χ0n) is 13.6. The summed E-state index contributed by atoms with van der Waals surface area (Å²) in [4.78, 5) is 4.49. The van der Waals surface area contributed by atoms with Gasteiger partial charge in [-0.3, -0.25) is 0 Å². The van der Waals surface area contributed by atoms with Crippen LogP contribution in [-0.2, 0) is 0 Å². The first-order chi connectivity index (χ1) is 12.3. The lowest BCUT2D eigenvalue weighted by Gasteiger charge is -2.15. The van der Waals surface area contributed by atoms with E-state index in [4.69, 9.17) is 4.74 Å². The Labute approximate surface area is 150 Å². The van der Waals surface area contributed by atoms with Gasteiger partial charge in [-0.1, -0.05) is 66.4 Å². The Morgan fingerprint density at radius 1 is 1.04 bits per heavy atom. The van der Waals surface area contributed by atoms with Crippen molar-refractivity contribution >= 4 is 23.5 Å². The Morgan fingerprint density at radius 2 is 1.84 bits per heavy atom. The fourth-order valence-electron chi connectivity index (χ4n) is 2.60. The highest BCUT2D eigenvalue weighted by molar-refractivity contribution is 7.98. The molecule has 0 unspecified atom stereocenters. The highest BCUT2D eigenvalue weighted by Crippen LogP contribution is 2.36. The summed E-state index contributed by atoms with van der Waals surface area (Å²) in [6.45, 7) is 0. The second-order valence-corrected chi connectivity index (χ2v) is 6.22. The molecule has 1 N–H and O–H groups in total. The number of aromatic nitrogens is 3. The summed E-state index contributed by atoms with van der Waals surface area (Å²) in [6.07, 6.45) is 5.56. The molecule has 0 bridgehead atoms. The van der Waals surface area contributed by atoms with E-state index in [9.17, 15) is 0 Å². The fourth-order valence-corrected chi connectivity index (χ4v) is 2.90. The quantitative estimate of drug-likeness (QED) is 0.719. The third kappa shape index (κ3) is 3.34. The molecular weight excluding hydrogens is 332 g/mol. The van der Waals surface area contributed by atoms with Gasteiger partial charge in [0.25, 0.3) is 0 Å². The fraction of sp³-hybridized carbons (Fsp3) is 0.105. The van der Waals surface area contributed by atoms with Gasteiger partial charge in [0.05, 0.1) is 0 Å². The molecule has 0 aliphatic carbocycles. The SMILES string of the molecule is CSc1nnc2c(n1)O[C@@H](/C=C/c1ccccc1)Nc1ccccc1-2. The van der Waals surface area contributed by atoms with Gasteiger partial charge in [-0.2, -0.15) is 4.98 Å². The van der Waals surface area contributed by atoms with Crippen LogP contribution in [0.25, 0.3) is 17.3 Å². The largest absolute Gasteiger partial charge is 0.448 e. The summed E-state index contributed by atoms with van der Waals surface area (Å²) in [7, 11) is 0. The molecule has 5 nitrogen and oxygen atoms in total. The molecule has 0 radical (unpaired) electrons. The van der Waals surface area contributed by atoms with E-state index in [0.29, 0.717) is 16.7 Å². The van der Waals surface area contributed by atoms with Crippen molar-refractivity contribution in [2.24, 2.45) is 0 Å². The first kappa shape index (κ1) is 15.7. The van der Waals surface area contributed by atoms with E-state index in [1.165, 1.54) is 11.8 Å². The molecule has 1 aliphatic rings. The Balaban J connectivity index is 1.73. The molecule has 0 amide bonds. The highest BCUT2D eigenvalue weighted by atomic mass is 32.2. The first-order valence-corrected chi connectivity index (χ1v) is 9.10. The zero-order valence-corrected chi connectivity index (χ0v) is 14.4. The molecule has 1 aromatic heterocycles. The standard InChI is InChI=1S/C19H16N4OS/c1-25-19-21-18-17(22-23-19)14-9-5-6-10-15(14)20-16(24-18)12-11-13-7-3-2-4-8-13/h2-12,16,20H,1H3/b12-11+/t16-/m0/s1. The Morgan fingerprint density at radius 3 is 2.68 bits per heavy atom. The van der Waals surface area contributed by atoms with Crippen molar-refractivity contribution in [3.8, 4) is 17.1 Å². The summed E-state index contributed by atoms with van der Waals surface area (Å²) in [5.41, 5.74) is 3.63. The van der Waals surface area contributed by atoms with E-state index in [1.54, 1.807) is 0 Å². The average molecular weight is 348 g/mol. The summed E-state index contributed by atoms with van der Waals surface area (Å²) >= 11 is 1.44. The lowest BCUT2D eigenvalue weighted by atomic mass is 10.1. The van der Waals surface area contributed by atoms with Crippen LogP contribution in [0.1, 0.15) is 5.56 Å². The number of ether oxygens (including phenoxy) is 1. The number of hydrogen-bond donors (Lipinski definition) is 1. The molecule has 3 aromatic rings. The van der Waals surface area contributed by atoms with Gasteiger partial charge in [0.1, 0.15) is 0 Å². The summed E-state index contributed by atoms with van der Waals surface area (Å²) < 4.78 is 6.08. The number of thioether (sulfide) groups is 1. The summed E-state index contributed by atoms with van der Waals surface area (Å²) in [6, 6.07) is 18.0. The average Bonchev–Trinajstić information content (AvgIpc) is 2.83. The van der Waals surface area contributed by atoms with Crippen LogP contribution in [0.15, 0.2) is 65.8 Å². The Bertz CT molecular complexity index is 914. The topological polar surface area (TPSA) is 59.9 Å². The Hall–Kier alpha value is -2.86. The minimum absolute atomic E-state index is 0.353. The van der Waals surface area contributed by atoms with E-state index >= 15 is 0 Å². The van der Waals surface area contributed by atoms with Crippen LogP contribution in [0.4, 0.5) is 5.69 Å². The lowest BCUT2D eigenvalue weighted by Crippen LogP contribution is -2.23. The minimum Gasteiger partial charge on any atom is -0.448 e. The smallest absolute Gasteiger partial charge is 0.247 e. The maximum Gasteiger partial charge on any atom is 0.247 e. The van der Waals surface area contributed by atoms with Gasteiger partial charge < -0.3 is 10.1 Å². The normalized spacial score (nSPS) is 15.6. The van der Waals surface area contributed by atoms with Gasteiger partial charge >= 0.3 is 0 Å². The maximum absolute atomic E-state index is 6.08. The predicted octanol–water partition coefficient (Wildman–Crippen LogP) is 4.10. The van der Waals surface area contributed by atoms with Gasteiger partial charge in [-0.05, 0) is 24.0 Å². The van der Waals surface area contributed by atoms with Crippen molar-refractivity contribution < 1.29 is 4.74 Å². The number of benzene rings is 2. The number of hydrogen-bond acceptors (Lipinski definition) is 6. The van der Waals surface area contributed by atoms with Crippen LogP contribution in [-0.4, -0.2) is 27.7 Å². The minimum atomic E-state index is -0.353. The van der Waals surface area contributed by atoms with E-state index < -0.39 is 0 Å². The molecule has 124 valence electrons.